The van der Waals surface area contributed by atoms with Crippen molar-refractivity contribution in [1.29, 1.82) is 5.26 Å². The number of aromatic nitrogens is 1. The lowest BCUT2D eigenvalue weighted by Crippen LogP contribution is -2.30. The van der Waals surface area contributed by atoms with E-state index in [0.717, 1.165) is 45.2 Å². The standard InChI is InChI=1S/C27H28FN5O4/c28-21-14-19(6-7-22(21)32-27(35)31-18-4-5-18)37-24-8-9-30-23-15-25(17(16-29)13-20(23)24)36-12-2-11-33-10-1-3-26(33)34/h6-9,13-15,18,26,34H,1-5,10-12H2,(H2,31,32,35)/t26-/m1/s1. The number of hydrogen-bond donors (Lipinski definition) is 3. The Morgan fingerprint density at radius 3 is 2.81 bits per heavy atom. The van der Waals surface area contributed by atoms with Crippen LogP contribution >= 0.6 is 0 Å². The highest BCUT2D eigenvalue weighted by Gasteiger charge is 2.24. The lowest BCUT2D eigenvalue weighted by atomic mass is 10.1. The van der Waals surface area contributed by atoms with E-state index >= 15 is 0 Å². The molecule has 1 saturated carbocycles. The van der Waals surface area contributed by atoms with E-state index in [1.54, 1.807) is 30.5 Å². The van der Waals surface area contributed by atoms with Crippen molar-refractivity contribution >= 4 is 22.6 Å². The fourth-order valence-electron chi connectivity index (χ4n) is 4.32. The van der Waals surface area contributed by atoms with Crippen molar-refractivity contribution in [3.63, 3.8) is 0 Å². The quantitative estimate of drug-likeness (QED) is 0.366. The Labute approximate surface area is 213 Å². The number of halogens is 1. The number of pyridine rings is 1. The summed E-state index contributed by atoms with van der Waals surface area (Å²) >= 11 is 0. The smallest absolute Gasteiger partial charge is 0.319 e. The number of nitrogens with one attached hydrogen (secondary N) is 2. The Kier molecular flexibility index (Phi) is 7.35. The highest BCUT2D eigenvalue weighted by Crippen LogP contribution is 2.34. The van der Waals surface area contributed by atoms with Gasteiger partial charge in [0, 0.05) is 42.8 Å². The van der Waals surface area contributed by atoms with Gasteiger partial charge in [-0.05, 0) is 56.4 Å². The monoisotopic (exact) mass is 505 g/mol. The first-order valence-electron chi connectivity index (χ1n) is 12.4. The maximum atomic E-state index is 14.6. The molecule has 2 aromatic carbocycles. The summed E-state index contributed by atoms with van der Waals surface area (Å²) in [4.78, 5) is 18.3. The van der Waals surface area contributed by atoms with E-state index < -0.39 is 11.8 Å². The predicted octanol–water partition coefficient (Wildman–Crippen LogP) is 4.50. The van der Waals surface area contributed by atoms with E-state index in [1.165, 1.54) is 12.1 Å². The first-order valence-corrected chi connectivity index (χ1v) is 12.4. The van der Waals surface area contributed by atoms with Gasteiger partial charge in [0.15, 0.2) is 0 Å². The largest absolute Gasteiger partial charge is 0.492 e. The molecule has 1 aromatic heterocycles. The molecule has 10 heteroatoms. The van der Waals surface area contributed by atoms with Crippen molar-refractivity contribution in [3.8, 4) is 23.3 Å². The fourth-order valence-corrected chi connectivity index (χ4v) is 4.32. The van der Waals surface area contributed by atoms with E-state index in [0.29, 0.717) is 34.6 Å². The molecule has 1 atom stereocenters. The van der Waals surface area contributed by atoms with Crippen LogP contribution in [0.1, 0.15) is 37.7 Å². The number of carbonyl (C=O) groups excluding carboxylic acids is 1. The van der Waals surface area contributed by atoms with Crippen molar-refractivity contribution in [2.75, 3.05) is 25.0 Å². The fraction of sp³-hybridized carbons (Fsp3) is 0.370. The number of nitrogens with zero attached hydrogens (tertiary/aromatic N) is 3. The van der Waals surface area contributed by atoms with Crippen LogP contribution in [0.5, 0.6) is 17.2 Å². The third kappa shape index (κ3) is 6.07. The van der Waals surface area contributed by atoms with Crippen molar-refractivity contribution in [2.24, 2.45) is 0 Å². The van der Waals surface area contributed by atoms with Gasteiger partial charge in [-0.25, -0.2) is 9.18 Å². The number of amides is 2. The number of fused-ring (bicyclic) bond motifs is 1. The second-order valence-corrected chi connectivity index (χ2v) is 9.26. The maximum Gasteiger partial charge on any atom is 0.319 e. The minimum atomic E-state index is -0.628. The van der Waals surface area contributed by atoms with E-state index in [1.807, 2.05) is 4.90 Å². The van der Waals surface area contributed by atoms with E-state index in [9.17, 15) is 19.6 Å². The van der Waals surface area contributed by atoms with Crippen molar-refractivity contribution in [1.82, 2.24) is 15.2 Å². The van der Waals surface area contributed by atoms with Crippen LogP contribution in [0.25, 0.3) is 10.9 Å². The summed E-state index contributed by atoms with van der Waals surface area (Å²) < 4.78 is 26.4. The summed E-state index contributed by atoms with van der Waals surface area (Å²) in [5.41, 5.74) is 0.953. The Morgan fingerprint density at radius 2 is 2.08 bits per heavy atom. The molecule has 3 N–H and O–H groups in total. The van der Waals surface area contributed by atoms with Crippen molar-refractivity contribution in [3.05, 3.63) is 54.0 Å². The third-order valence-corrected chi connectivity index (χ3v) is 6.43. The molecule has 2 aliphatic rings. The number of urea groups is 1. The molecule has 1 aliphatic heterocycles. The van der Waals surface area contributed by atoms with Crippen LogP contribution in [-0.2, 0) is 0 Å². The van der Waals surface area contributed by atoms with Crippen LogP contribution in [0.4, 0.5) is 14.9 Å². The van der Waals surface area contributed by atoms with Gasteiger partial charge in [-0.3, -0.25) is 9.88 Å². The third-order valence-electron chi connectivity index (χ3n) is 6.43. The molecule has 1 saturated heterocycles. The normalized spacial score (nSPS) is 17.4. The second-order valence-electron chi connectivity index (χ2n) is 9.26. The molecule has 192 valence electrons. The molecule has 0 unspecified atom stereocenters. The van der Waals surface area contributed by atoms with Gasteiger partial charge in [0.1, 0.15) is 35.4 Å². The van der Waals surface area contributed by atoms with Crippen molar-refractivity contribution < 1.29 is 23.8 Å². The summed E-state index contributed by atoms with van der Waals surface area (Å²) in [6, 6.07) is 11.0. The average Bonchev–Trinajstić information content (AvgIpc) is 3.61. The Balaban J connectivity index is 1.27. The number of carbonyl (C=O) groups is 1. The van der Waals surface area contributed by atoms with Gasteiger partial charge >= 0.3 is 6.03 Å². The highest BCUT2D eigenvalue weighted by molar-refractivity contribution is 5.90. The average molecular weight is 506 g/mol. The molecule has 9 nitrogen and oxygen atoms in total. The molecular weight excluding hydrogens is 477 g/mol. The van der Waals surface area contributed by atoms with Gasteiger partial charge in [-0.15, -0.1) is 0 Å². The van der Waals surface area contributed by atoms with Crippen LogP contribution < -0.4 is 20.1 Å². The van der Waals surface area contributed by atoms with Crippen LogP contribution in [0.3, 0.4) is 0 Å². The number of anilines is 1. The SMILES string of the molecule is N#Cc1cc2c(Oc3ccc(NC(=O)NC4CC4)c(F)c3)ccnc2cc1OCCCN1CCC[C@H]1O. The molecule has 0 spiro atoms. The Hall–Kier alpha value is -3.94. The minimum absolute atomic E-state index is 0.0536. The molecule has 5 rings (SSSR count). The van der Waals surface area contributed by atoms with Gasteiger partial charge in [-0.1, -0.05) is 0 Å². The highest BCUT2D eigenvalue weighted by atomic mass is 19.1. The van der Waals surface area contributed by atoms with Crippen LogP contribution in [-0.4, -0.2) is 53.0 Å². The summed E-state index contributed by atoms with van der Waals surface area (Å²) in [5.74, 6) is 0.438. The van der Waals surface area contributed by atoms with Gasteiger partial charge in [0.05, 0.1) is 23.4 Å². The molecule has 37 heavy (non-hydrogen) atoms. The summed E-state index contributed by atoms with van der Waals surface area (Å²) in [7, 11) is 0. The number of likely N-dealkylation sites (tertiary alicyclic amines) is 1. The number of aliphatic hydroxyl groups is 1. The second kappa shape index (κ2) is 11.0. The van der Waals surface area contributed by atoms with Crippen molar-refractivity contribution in [2.45, 2.75) is 44.4 Å². The van der Waals surface area contributed by atoms with E-state index in [-0.39, 0.29) is 23.7 Å². The zero-order valence-corrected chi connectivity index (χ0v) is 20.2. The summed E-state index contributed by atoms with van der Waals surface area (Å²) in [6.07, 6.45) is 5.57. The molecule has 2 fully saturated rings. The summed E-state index contributed by atoms with van der Waals surface area (Å²) in [6.45, 7) is 2.01. The molecule has 2 heterocycles. The Bertz CT molecular complexity index is 1340. The van der Waals surface area contributed by atoms with Gasteiger partial charge in [0.25, 0.3) is 0 Å². The lowest BCUT2D eigenvalue weighted by Gasteiger charge is -2.19. The number of nitriles is 1. The van der Waals surface area contributed by atoms with Gasteiger partial charge in [0.2, 0.25) is 0 Å². The number of rotatable bonds is 9. The number of ether oxygens (including phenoxy) is 2. The maximum absolute atomic E-state index is 14.6. The summed E-state index contributed by atoms with van der Waals surface area (Å²) in [5, 5.41) is 25.4. The Morgan fingerprint density at radius 1 is 1.22 bits per heavy atom. The minimum Gasteiger partial charge on any atom is -0.492 e. The first-order chi connectivity index (χ1) is 18.0. The molecule has 0 radical (unpaired) electrons. The van der Waals surface area contributed by atoms with Crippen LogP contribution in [0.15, 0.2) is 42.6 Å². The van der Waals surface area contributed by atoms with Gasteiger partial charge in [-0.2, -0.15) is 5.26 Å². The van der Waals surface area contributed by atoms with Gasteiger partial charge < -0.3 is 25.2 Å². The molecule has 1 aliphatic carbocycles. The predicted molar refractivity (Wildman–Crippen MR) is 135 cm³/mol. The number of hydrogen-bond acceptors (Lipinski definition) is 7. The zero-order chi connectivity index (χ0) is 25.8. The number of aliphatic hydroxyl groups excluding tert-OH is 1. The van der Waals surface area contributed by atoms with Crippen LogP contribution in [0, 0.1) is 17.1 Å². The molecule has 3 aromatic rings. The van der Waals surface area contributed by atoms with E-state index in [2.05, 4.69) is 21.7 Å². The van der Waals surface area contributed by atoms with E-state index in [4.69, 9.17) is 9.47 Å². The lowest BCUT2D eigenvalue weighted by molar-refractivity contribution is 0.0353. The first kappa shape index (κ1) is 24.7. The number of benzene rings is 2. The molecule has 0 bridgehead atoms. The topological polar surface area (TPSA) is 120 Å². The molecular formula is C27H28FN5O4. The van der Waals surface area contributed by atoms with Crippen LogP contribution in [0.2, 0.25) is 0 Å². The molecule has 2 amide bonds. The zero-order valence-electron chi connectivity index (χ0n) is 20.2.